The Bertz CT molecular complexity index is 955. The summed E-state index contributed by atoms with van der Waals surface area (Å²) in [6, 6.07) is 9.61. The average molecular weight is 378 g/mol. The number of sulfonamides is 1. The van der Waals surface area contributed by atoms with Crippen molar-refractivity contribution in [2.45, 2.75) is 18.7 Å². The first-order valence-corrected chi connectivity index (χ1v) is 9.13. The minimum Gasteiger partial charge on any atom is -0.462 e. The third-order valence-corrected chi connectivity index (χ3v) is 5.67. The third kappa shape index (κ3) is 3.83. The van der Waals surface area contributed by atoms with E-state index in [1.54, 1.807) is 13.8 Å². The van der Waals surface area contributed by atoms with Crippen LogP contribution in [-0.4, -0.2) is 33.0 Å². The number of carbonyl (C=O) groups is 1. The van der Waals surface area contributed by atoms with Crippen LogP contribution >= 0.6 is 0 Å². The topological polar surface area (TPSA) is 107 Å². The van der Waals surface area contributed by atoms with Crippen molar-refractivity contribution < 1.29 is 22.9 Å². The fourth-order valence-corrected chi connectivity index (χ4v) is 3.74. The molecule has 0 saturated carbocycles. The van der Waals surface area contributed by atoms with Crippen LogP contribution in [0.4, 0.5) is 11.4 Å². The summed E-state index contributed by atoms with van der Waals surface area (Å²) >= 11 is 0. The second kappa shape index (κ2) is 7.52. The number of anilines is 1. The van der Waals surface area contributed by atoms with E-state index < -0.39 is 20.9 Å². The quantitative estimate of drug-likeness (QED) is 0.435. The van der Waals surface area contributed by atoms with Crippen LogP contribution in [0.3, 0.4) is 0 Å². The number of rotatable bonds is 6. The highest BCUT2D eigenvalue weighted by Gasteiger charge is 2.26. The number of nitro benzene ring substituents is 1. The molecule has 0 unspecified atom stereocenters. The van der Waals surface area contributed by atoms with E-state index in [9.17, 15) is 23.3 Å². The van der Waals surface area contributed by atoms with Crippen molar-refractivity contribution in [3.63, 3.8) is 0 Å². The molecule has 0 amide bonds. The van der Waals surface area contributed by atoms with Crippen LogP contribution < -0.4 is 4.31 Å². The first-order valence-electron chi connectivity index (χ1n) is 7.69. The summed E-state index contributed by atoms with van der Waals surface area (Å²) in [5, 5.41) is 11.0. The number of nitro groups is 1. The monoisotopic (exact) mass is 378 g/mol. The van der Waals surface area contributed by atoms with Gasteiger partial charge in [-0.15, -0.1) is 0 Å². The summed E-state index contributed by atoms with van der Waals surface area (Å²) in [6.07, 6.45) is 0. The molecule has 0 aliphatic carbocycles. The Morgan fingerprint density at radius 3 is 2.54 bits per heavy atom. The molecule has 0 aliphatic rings. The number of hydrogen-bond donors (Lipinski definition) is 0. The molecule has 0 N–H and O–H groups in total. The third-order valence-electron chi connectivity index (χ3n) is 3.74. The number of ether oxygens (including phenoxy) is 1. The van der Waals surface area contributed by atoms with Crippen molar-refractivity contribution in [2.24, 2.45) is 0 Å². The van der Waals surface area contributed by atoms with Crippen molar-refractivity contribution >= 4 is 27.4 Å². The van der Waals surface area contributed by atoms with E-state index in [1.165, 1.54) is 43.4 Å². The molecule has 0 atom stereocenters. The molecule has 0 aromatic heterocycles. The average Bonchev–Trinajstić information content (AvgIpc) is 2.61. The Labute approximate surface area is 151 Å². The molecular formula is C17H18N2O6S. The Morgan fingerprint density at radius 1 is 1.23 bits per heavy atom. The van der Waals surface area contributed by atoms with Crippen LogP contribution in [0.1, 0.15) is 22.8 Å². The van der Waals surface area contributed by atoms with Gasteiger partial charge in [0.05, 0.1) is 27.7 Å². The van der Waals surface area contributed by atoms with Crippen molar-refractivity contribution in [1.82, 2.24) is 0 Å². The number of hydrogen-bond acceptors (Lipinski definition) is 6. The van der Waals surface area contributed by atoms with Gasteiger partial charge in [0.1, 0.15) is 0 Å². The van der Waals surface area contributed by atoms with Gasteiger partial charge >= 0.3 is 5.97 Å². The molecule has 0 aliphatic heterocycles. The maximum absolute atomic E-state index is 12.9. The van der Waals surface area contributed by atoms with Crippen molar-refractivity contribution in [2.75, 3.05) is 18.0 Å². The second-order valence-corrected chi connectivity index (χ2v) is 7.39. The Morgan fingerprint density at radius 2 is 1.92 bits per heavy atom. The highest BCUT2D eigenvalue weighted by molar-refractivity contribution is 7.92. The Balaban J connectivity index is 2.47. The minimum atomic E-state index is -4.06. The van der Waals surface area contributed by atoms with E-state index in [2.05, 4.69) is 0 Å². The zero-order valence-electron chi connectivity index (χ0n) is 14.5. The van der Waals surface area contributed by atoms with Gasteiger partial charge in [-0.3, -0.25) is 14.4 Å². The lowest BCUT2D eigenvalue weighted by Crippen LogP contribution is -2.27. The molecule has 26 heavy (non-hydrogen) atoms. The molecule has 0 radical (unpaired) electrons. The van der Waals surface area contributed by atoms with Crippen molar-refractivity contribution in [3.8, 4) is 0 Å². The SMILES string of the molecule is CCOC(=O)c1cccc(N(C)S(=O)(=O)c2cc([N+](=O)[O-])ccc2C)c1. The molecule has 8 nitrogen and oxygen atoms in total. The standard InChI is InChI=1S/C17H18N2O6S/c1-4-25-17(20)13-6-5-7-14(10-13)18(3)26(23,24)16-11-15(19(21)22)9-8-12(16)2/h5-11H,4H2,1-3H3. The molecule has 0 spiro atoms. The van der Waals surface area contributed by atoms with Crippen LogP contribution in [0.25, 0.3) is 0 Å². The zero-order valence-corrected chi connectivity index (χ0v) is 15.3. The summed E-state index contributed by atoms with van der Waals surface area (Å²) in [5.41, 5.74) is 0.510. The Hall–Kier alpha value is -2.94. The van der Waals surface area contributed by atoms with E-state index in [-0.39, 0.29) is 28.4 Å². The second-order valence-electron chi connectivity index (χ2n) is 5.45. The number of nitrogens with zero attached hydrogens (tertiary/aromatic N) is 2. The summed E-state index contributed by atoms with van der Waals surface area (Å²) in [5.74, 6) is -0.563. The normalized spacial score (nSPS) is 11.0. The van der Waals surface area contributed by atoms with Gasteiger partial charge in [0.25, 0.3) is 15.7 Å². The largest absolute Gasteiger partial charge is 0.462 e. The van der Waals surface area contributed by atoms with Gasteiger partial charge in [-0.2, -0.15) is 0 Å². The van der Waals surface area contributed by atoms with Gasteiger partial charge in [0, 0.05) is 19.2 Å². The molecule has 0 fully saturated rings. The first kappa shape index (κ1) is 19.4. The predicted molar refractivity (Wildman–Crippen MR) is 95.8 cm³/mol. The molecule has 2 rings (SSSR count). The molecule has 0 bridgehead atoms. The highest BCUT2D eigenvalue weighted by Crippen LogP contribution is 2.28. The van der Waals surface area contributed by atoms with Crippen LogP contribution in [0.5, 0.6) is 0 Å². The van der Waals surface area contributed by atoms with E-state index >= 15 is 0 Å². The smallest absolute Gasteiger partial charge is 0.338 e. The van der Waals surface area contributed by atoms with Gasteiger partial charge in [0.15, 0.2) is 0 Å². The van der Waals surface area contributed by atoms with Gasteiger partial charge in [-0.25, -0.2) is 13.2 Å². The zero-order chi connectivity index (χ0) is 19.5. The summed E-state index contributed by atoms with van der Waals surface area (Å²) in [7, 11) is -2.74. The molecule has 9 heteroatoms. The summed E-state index contributed by atoms with van der Waals surface area (Å²) in [6.45, 7) is 3.42. The number of benzene rings is 2. The maximum atomic E-state index is 12.9. The number of aryl methyl sites for hydroxylation is 1. The summed E-state index contributed by atoms with van der Waals surface area (Å²) < 4.78 is 31.7. The molecule has 0 heterocycles. The molecular weight excluding hydrogens is 360 g/mol. The van der Waals surface area contributed by atoms with Gasteiger partial charge in [-0.05, 0) is 37.6 Å². The van der Waals surface area contributed by atoms with Crippen LogP contribution in [0.2, 0.25) is 0 Å². The molecule has 0 saturated heterocycles. The van der Waals surface area contributed by atoms with Gasteiger partial charge in [0.2, 0.25) is 0 Å². The lowest BCUT2D eigenvalue weighted by molar-refractivity contribution is -0.385. The van der Waals surface area contributed by atoms with E-state index in [1.807, 2.05) is 0 Å². The molecule has 2 aromatic carbocycles. The minimum absolute atomic E-state index is 0.171. The van der Waals surface area contributed by atoms with Crippen molar-refractivity contribution in [1.29, 1.82) is 0 Å². The van der Waals surface area contributed by atoms with Gasteiger partial charge < -0.3 is 4.74 Å². The fourth-order valence-electron chi connectivity index (χ4n) is 2.31. The molecule has 2 aromatic rings. The van der Waals surface area contributed by atoms with Crippen molar-refractivity contribution in [3.05, 3.63) is 63.7 Å². The lowest BCUT2D eigenvalue weighted by atomic mass is 10.2. The van der Waals surface area contributed by atoms with E-state index in [0.717, 1.165) is 10.4 Å². The fraction of sp³-hybridized carbons (Fsp3) is 0.235. The maximum Gasteiger partial charge on any atom is 0.338 e. The van der Waals surface area contributed by atoms with Crippen LogP contribution in [0.15, 0.2) is 47.4 Å². The number of non-ortho nitro benzene ring substituents is 1. The van der Waals surface area contributed by atoms with Gasteiger partial charge in [-0.1, -0.05) is 12.1 Å². The lowest BCUT2D eigenvalue weighted by Gasteiger charge is -2.21. The predicted octanol–water partition coefficient (Wildman–Crippen LogP) is 2.91. The van der Waals surface area contributed by atoms with E-state index in [4.69, 9.17) is 4.74 Å². The first-order chi connectivity index (χ1) is 12.2. The molecule has 138 valence electrons. The van der Waals surface area contributed by atoms with Crippen LogP contribution in [0, 0.1) is 17.0 Å². The number of carbonyl (C=O) groups excluding carboxylic acids is 1. The number of esters is 1. The van der Waals surface area contributed by atoms with Crippen LogP contribution in [-0.2, 0) is 14.8 Å². The highest BCUT2D eigenvalue weighted by atomic mass is 32.2. The van der Waals surface area contributed by atoms with E-state index in [0.29, 0.717) is 5.56 Å². The summed E-state index contributed by atoms with van der Waals surface area (Å²) in [4.78, 5) is 22.0. The Kier molecular flexibility index (Phi) is 5.61.